The average Bonchev–Trinajstić information content (AvgIpc) is 3.13. The lowest BCUT2D eigenvalue weighted by molar-refractivity contribution is 0.0952. The van der Waals surface area contributed by atoms with E-state index in [1.165, 1.54) is 24.1 Å². The number of benzene rings is 1. The van der Waals surface area contributed by atoms with E-state index in [2.05, 4.69) is 15.0 Å². The van der Waals surface area contributed by atoms with E-state index in [9.17, 15) is 4.79 Å². The fraction of sp³-hybridized carbons (Fsp3) is 0.348. The maximum atomic E-state index is 12.6. The minimum absolute atomic E-state index is 0.0518. The highest BCUT2D eigenvalue weighted by Gasteiger charge is 2.21. The lowest BCUT2D eigenvalue weighted by Crippen LogP contribution is -2.28. The van der Waals surface area contributed by atoms with Gasteiger partial charge >= 0.3 is 0 Å². The van der Waals surface area contributed by atoms with Gasteiger partial charge in [0.1, 0.15) is 0 Å². The molecule has 6 nitrogen and oxygen atoms in total. The van der Waals surface area contributed by atoms with Crippen molar-refractivity contribution in [2.75, 3.05) is 25.5 Å². The molecule has 1 N–H and O–H groups in total. The first-order valence-corrected chi connectivity index (χ1v) is 10.2. The van der Waals surface area contributed by atoms with E-state index < -0.39 is 0 Å². The van der Waals surface area contributed by atoms with Crippen molar-refractivity contribution in [3.8, 4) is 11.3 Å². The smallest absolute Gasteiger partial charge is 0.251 e. The summed E-state index contributed by atoms with van der Waals surface area (Å²) in [5.41, 5.74) is 6.53. The number of carbonyl (C=O) groups is 1. The summed E-state index contributed by atoms with van der Waals surface area (Å²) in [6.07, 6.45) is 8.13. The summed E-state index contributed by atoms with van der Waals surface area (Å²) in [6.45, 7) is 1.22. The van der Waals surface area contributed by atoms with Crippen molar-refractivity contribution in [1.82, 2.24) is 20.1 Å². The Hall–Kier alpha value is -3.15. The molecule has 6 heteroatoms. The van der Waals surface area contributed by atoms with Gasteiger partial charge < -0.3 is 10.2 Å². The number of carbonyl (C=O) groups excluding carboxylic acids is 1. The summed E-state index contributed by atoms with van der Waals surface area (Å²) >= 11 is 0. The normalized spacial score (nSPS) is 13.0. The van der Waals surface area contributed by atoms with Crippen molar-refractivity contribution in [3.05, 3.63) is 65.6 Å². The van der Waals surface area contributed by atoms with Gasteiger partial charge in [-0.15, -0.1) is 0 Å². The standard InChI is InChI=1S/C23H27N5O/c1-27(2)19-7-5-6-18(16-19)23(29)25-14-15-28-21-9-4-3-8-20(21)22(26-28)17-10-12-24-13-11-17/h5-7,10-13,16H,3-4,8-9,14-15H2,1-2H3,(H,25,29). The topological polar surface area (TPSA) is 63.1 Å². The molecule has 0 unspecified atom stereocenters. The van der Waals surface area contributed by atoms with E-state index in [1.54, 1.807) is 0 Å². The molecular formula is C23H27N5O. The van der Waals surface area contributed by atoms with Crippen LogP contribution in [-0.2, 0) is 19.4 Å². The summed E-state index contributed by atoms with van der Waals surface area (Å²) in [6, 6.07) is 11.7. The van der Waals surface area contributed by atoms with Crippen LogP contribution in [0.2, 0.25) is 0 Å². The molecule has 4 rings (SSSR count). The van der Waals surface area contributed by atoms with Crippen molar-refractivity contribution in [3.63, 3.8) is 0 Å². The number of fused-ring (bicyclic) bond motifs is 1. The molecule has 0 fully saturated rings. The highest BCUT2D eigenvalue weighted by atomic mass is 16.1. The molecule has 1 aliphatic rings. The van der Waals surface area contributed by atoms with Gasteiger partial charge in [-0.05, 0) is 56.0 Å². The quantitative estimate of drug-likeness (QED) is 0.702. The lowest BCUT2D eigenvalue weighted by Gasteiger charge is -2.15. The number of nitrogens with zero attached hydrogens (tertiary/aromatic N) is 4. The third-order valence-corrected chi connectivity index (χ3v) is 5.44. The van der Waals surface area contributed by atoms with E-state index in [-0.39, 0.29) is 5.91 Å². The van der Waals surface area contributed by atoms with E-state index >= 15 is 0 Å². The zero-order chi connectivity index (χ0) is 20.2. The second kappa shape index (κ2) is 8.47. The first-order valence-electron chi connectivity index (χ1n) is 10.2. The number of anilines is 1. The predicted molar refractivity (Wildman–Crippen MR) is 115 cm³/mol. The highest BCUT2D eigenvalue weighted by molar-refractivity contribution is 5.95. The van der Waals surface area contributed by atoms with Gasteiger partial charge in [0.05, 0.1) is 12.2 Å². The predicted octanol–water partition coefficient (Wildman–Crippen LogP) is 3.32. The second-order valence-electron chi connectivity index (χ2n) is 7.64. The van der Waals surface area contributed by atoms with Crippen LogP contribution < -0.4 is 10.2 Å². The second-order valence-corrected chi connectivity index (χ2v) is 7.64. The van der Waals surface area contributed by atoms with E-state index in [1.807, 2.05) is 67.8 Å². The number of hydrogen-bond donors (Lipinski definition) is 1. The van der Waals surface area contributed by atoms with E-state index in [4.69, 9.17) is 5.10 Å². The largest absolute Gasteiger partial charge is 0.378 e. The summed E-state index contributed by atoms with van der Waals surface area (Å²) in [7, 11) is 3.94. The van der Waals surface area contributed by atoms with Gasteiger partial charge in [0.2, 0.25) is 0 Å². The highest BCUT2D eigenvalue weighted by Crippen LogP contribution is 2.30. The van der Waals surface area contributed by atoms with Crippen molar-refractivity contribution < 1.29 is 4.79 Å². The van der Waals surface area contributed by atoms with Crippen LogP contribution in [0.25, 0.3) is 11.3 Å². The van der Waals surface area contributed by atoms with Crippen LogP contribution in [0.5, 0.6) is 0 Å². The van der Waals surface area contributed by atoms with Gasteiger partial charge in [0.25, 0.3) is 5.91 Å². The van der Waals surface area contributed by atoms with Crippen LogP contribution in [-0.4, -0.2) is 41.3 Å². The Morgan fingerprint density at radius 3 is 2.72 bits per heavy atom. The van der Waals surface area contributed by atoms with Crippen LogP contribution >= 0.6 is 0 Å². The Kier molecular flexibility index (Phi) is 5.60. The molecule has 2 aromatic heterocycles. The third kappa shape index (κ3) is 4.16. The summed E-state index contributed by atoms with van der Waals surface area (Å²) < 4.78 is 2.08. The molecule has 29 heavy (non-hydrogen) atoms. The lowest BCUT2D eigenvalue weighted by atomic mass is 9.94. The number of pyridine rings is 1. The maximum Gasteiger partial charge on any atom is 0.251 e. The van der Waals surface area contributed by atoms with Crippen molar-refractivity contribution in [1.29, 1.82) is 0 Å². The zero-order valence-electron chi connectivity index (χ0n) is 17.1. The van der Waals surface area contributed by atoms with Gasteiger partial charge in [-0.2, -0.15) is 5.10 Å². The number of hydrogen-bond acceptors (Lipinski definition) is 4. The minimum Gasteiger partial charge on any atom is -0.378 e. The van der Waals surface area contributed by atoms with Gasteiger partial charge in [-0.1, -0.05) is 6.07 Å². The fourth-order valence-corrected chi connectivity index (χ4v) is 3.90. The van der Waals surface area contributed by atoms with Gasteiger partial charge in [0.15, 0.2) is 0 Å². The molecule has 1 aliphatic carbocycles. The Morgan fingerprint density at radius 2 is 1.93 bits per heavy atom. The molecule has 150 valence electrons. The number of aromatic nitrogens is 3. The van der Waals surface area contributed by atoms with Gasteiger partial charge in [-0.25, -0.2) is 0 Å². The molecule has 1 amide bonds. The SMILES string of the molecule is CN(C)c1cccc(C(=O)NCCn2nc(-c3ccncc3)c3c2CCCC3)c1. The van der Waals surface area contributed by atoms with E-state index in [0.29, 0.717) is 18.7 Å². The van der Waals surface area contributed by atoms with Crippen molar-refractivity contribution in [2.45, 2.75) is 32.2 Å². The van der Waals surface area contributed by atoms with Gasteiger partial charge in [-0.3, -0.25) is 14.5 Å². The molecule has 0 spiro atoms. The number of nitrogens with one attached hydrogen (secondary N) is 1. The zero-order valence-corrected chi connectivity index (χ0v) is 17.1. The molecule has 0 aliphatic heterocycles. The average molecular weight is 390 g/mol. The Morgan fingerprint density at radius 1 is 1.14 bits per heavy atom. The first kappa shape index (κ1) is 19.2. The molecule has 1 aromatic carbocycles. The van der Waals surface area contributed by atoms with Gasteiger partial charge in [0, 0.05) is 61.1 Å². The molecule has 0 saturated carbocycles. The fourth-order valence-electron chi connectivity index (χ4n) is 3.90. The molecule has 0 saturated heterocycles. The summed E-state index contributed by atoms with van der Waals surface area (Å²) in [5, 5.41) is 7.94. The number of rotatable bonds is 6. The summed E-state index contributed by atoms with van der Waals surface area (Å²) in [5.74, 6) is -0.0518. The summed E-state index contributed by atoms with van der Waals surface area (Å²) in [4.78, 5) is 18.7. The molecular weight excluding hydrogens is 362 g/mol. The Labute approximate surface area is 171 Å². The van der Waals surface area contributed by atoms with Crippen LogP contribution in [0.1, 0.15) is 34.5 Å². The monoisotopic (exact) mass is 389 g/mol. The third-order valence-electron chi connectivity index (χ3n) is 5.44. The molecule has 2 heterocycles. The Balaban J connectivity index is 1.47. The van der Waals surface area contributed by atoms with Crippen molar-refractivity contribution >= 4 is 11.6 Å². The van der Waals surface area contributed by atoms with Crippen LogP contribution in [0.15, 0.2) is 48.8 Å². The van der Waals surface area contributed by atoms with Crippen LogP contribution in [0, 0.1) is 0 Å². The minimum atomic E-state index is -0.0518. The van der Waals surface area contributed by atoms with Crippen LogP contribution in [0.3, 0.4) is 0 Å². The first-order chi connectivity index (χ1) is 14.1. The Bertz CT molecular complexity index is 994. The van der Waals surface area contributed by atoms with Crippen LogP contribution in [0.4, 0.5) is 5.69 Å². The molecule has 0 radical (unpaired) electrons. The van der Waals surface area contributed by atoms with E-state index in [0.717, 1.165) is 29.8 Å². The number of amides is 1. The maximum absolute atomic E-state index is 12.6. The molecule has 3 aromatic rings. The van der Waals surface area contributed by atoms with Crippen molar-refractivity contribution in [2.24, 2.45) is 0 Å². The molecule has 0 atom stereocenters. The molecule has 0 bridgehead atoms.